The van der Waals surface area contributed by atoms with Gasteiger partial charge in [-0.15, -0.1) is 11.3 Å². The minimum absolute atomic E-state index is 0.127. The summed E-state index contributed by atoms with van der Waals surface area (Å²) in [5.41, 5.74) is 6.05. The van der Waals surface area contributed by atoms with E-state index in [1.165, 1.54) is 41.8 Å². The monoisotopic (exact) mass is 466 g/mol. The second-order valence-electron chi connectivity index (χ2n) is 7.86. The first-order valence-electron chi connectivity index (χ1n) is 10.4. The fourth-order valence-corrected chi connectivity index (χ4v) is 5.64. The molecule has 1 aliphatic rings. The maximum Gasteiger partial charge on any atom is 0.339 e. The Labute approximate surface area is 193 Å². The van der Waals surface area contributed by atoms with Crippen LogP contribution in [0.1, 0.15) is 60.9 Å². The number of carboxylic acids is 1. The number of thiophene rings is 1. The molecule has 170 valence electrons. The number of non-ortho nitro benzene ring substituents is 1. The number of nitro groups is 1. The molecule has 10 heteroatoms. The number of rotatable bonds is 6. The van der Waals surface area contributed by atoms with Crippen molar-refractivity contribution in [3.05, 3.63) is 79.0 Å². The molecule has 0 saturated heterocycles. The van der Waals surface area contributed by atoms with E-state index in [1.54, 1.807) is 0 Å². The highest BCUT2D eigenvalue weighted by atomic mass is 32.1. The second kappa shape index (κ2) is 8.99. The summed E-state index contributed by atoms with van der Waals surface area (Å²) in [6, 6.07) is 7.27. The third-order valence-electron chi connectivity index (χ3n) is 5.73. The van der Waals surface area contributed by atoms with Crippen molar-refractivity contribution in [2.45, 2.75) is 39.5 Å². The van der Waals surface area contributed by atoms with Gasteiger partial charge in [0.05, 0.1) is 16.7 Å². The molecule has 3 aromatic rings. The van der Waals surface area contributed by atoms with Crippen molar-refractivity contribution in [2.75, 3.05) is 0 Å². The summed E-state index contributed by atoms with van der Waals surface area (Å²) in [4.78, 5) is 35.9. The van der Waals surface area contributed by atoms with Gasteiger partial charge in [0.1, 0.15) is 5.00 Å². The highest BCUT2D eigenvalue weighted by Crippen LogP contribution is 2.38. The molecule has 0 atom stereocenters. The van der Waals surface area contributed by atoms with E-state index in [0.29, 0.717) is 10.6 Å². The molecule has 0 fully saturated rings. The van der Waals surface area contributed by atoms with Crippen LogP contribution in [0.25, 0.3) is 5.00 Å². The van der Waals surface area contributed by atoms with Crippen LogP contribution in [0.4, 0.5) is 5.69 Å². The second-order valence-corrected chi connectivity index (χ2v) is 8.95. The average molecular weight is 467 g/mol. The predicted molar refractivity (Wildman–Crippen MR) is 125 cm³/mol. The number of nitro benzene ring substituents is 1. The van der Waals surface area contributed by atoms with Crippen molar-refractivity contribution in [2.24, 2.45) is 5.10 Å². The van der Waals surface area contributed by atoms with Crippen molar-refractivity contribution in [3.63, 3.8) is 0 Å². The van der Waals surface area contributed by atoms with Gasteiger partial charge in [0.25, 0.3) is 11.6 Å². The van der Waals surface area contributed by atoms with E-state index in [9.17, 15) is 24.8 Å². The number of hydrazone groups is 1. The van der Waals surface area contributed by atoms with Crippen LogP contribution in [-0.2, 0) is 12.8 Å². The summed E-state index contributed by atoms with van der Waals surface area (Å²) in [5.74, 6) is -1.49. The molecule has 0 unspecified atom stereocenters. The van der Waals surface area contributed by atoms with Gasteiger partial charge in [0.15, 0.2) is 0 Å². The highest BCUT2D eigenvalue weighted by Gasteiger charge is 2.27. The van der Waals surface area contributed by atoms with Crippen LogP contribution in [-0.4, -0.2) is 32.7 Å². The third kappa shape index (κ3) is 4.29. The summed E-state index contributed by atoms with van der Waals surface area (Å²) >= 11 is 1.53. The molecule has 2 N–H and O–H groups in total. The number of aromatic carboxylic acids is 1. The Morgan fingerprint density at radius 1 is 1.24 bits per heavy atom. The van der Waals surface area contributed by atoms with Crippen LogP contribution in [0, 0.1) is 24.0 Å². The molecular weight excluding hydrogens is 444 g/mol. The maximum atomic E-state index is 12.3. The molecule has 2 heterocycles. The van der Waals surface area contributed by atoms with Crippen molar-refractivity contribution in [1.29, 1.82) is 0 Å². The van der Waals surface area contributed by atoms with Crippen molar-refractivity contribution in [1.82, 2.24) is 9.99 Å². The number of aryl methyl sites for hydroxylation is 2. The van der Waals surface area contributed by atoms with E-state index < -0.39 is 16.8 Å². The van der Waals surface area contributed by atoms with Crippen molar-refractivity contribution in [3.8, 4) is 5.00 Å². The Bertz CT molecular complexity index is 1300. The lowest BCUT2D eigenvalue weighted by Crippen LogP contribution is -2.17. The summed E-state index contributed by atoms with van der Waals surface area (Å²) in [5, 5.41) is 25.5. The zero-order chi connectivity index (χ0) is 23.7. The molecule has 0 bridgehead atoms. The summed E-state index contributed by atoms with van der Waals surface area (Å²) in [7, 11) is 0. The van der Waals surface area contributed by atoms with Gasteiger partial charge in [0.2, 0.25) is 0 Å². The molecule has 0 aliphatic heterocycles. The first-order chi connectivity index (χ1) is 15.8. The molecule has 9 nitrogen and oxygen atoms in total. The number of nitrogens with zero attached hydrogens (tertiary/aromatic N) is 3. The lowest BCUT2D eigenvalue weighted by Gasteiger charge is -2.11. The average Bonchev–Trinajstić information content (AvgIpc) is 3.30. The van der Waals surface area contributed by atoms with Crippen LogP contribution >= 0.6 is 11.3 Å². The highest BCUT2D eigenvalue weighted by molar-refractivity contribution is 7.15. The third-order valence-corrected chi connectivity index (χ3v) is 7.01. The van der Waals surface area contributed by atoms with E-state index in [2.05, 4.69) is 10.5 Å². The number of aromatic nitrogens is 1. The van der Waals surface area contributed by atoms with Gasteiger partial charge in [-0.25, -0.2) is 10.2 Å². The molecule has 1 aliphatic carbocycles. The Hall–Kier alpha value is -3.79. The fraction of sp³-hybridized carbons (Fsp3) is 0.261. The number of benzene rings is 1. The Balaban J connectivity index is 1.60. The molecule has 1 amide bonds. The predicted octanol–water partition coefficient (Wildman–Crippen LogP) is 4.40. The minimum Gasteiger partial charge on any atom is -0.478 e. The first kappa shape index (κ1) is 22.4. The number of fused-ring (bicyclic) bond motifs is 1. The normalized spacial score (nSPS) is 13.2. The van der Waals surface area contributed by atoms with Gasteiger partial charge in [-0.1, -0.05) is 6.07 Å². The number of carboxylic acid groups (broad SMARTS) is 1. The lowest BCUT2D eigenvalue weighted by atomic mass is 9.95. The van der Waals surface area contributed by atoms with E-state index in [0.717, 1.165) is 53.1 Å². The number of carbonyl (C=O) groups is 2. The van der Waals surface area contributed by atoms with Gasteiger partial charge in [0, 0.05) is 39.5 Å². The number of nitrogens with one attached hydrogen (secondary N) is 1. The molecule has 0 saturated carbocycles. The smallest absolute Gasteiger partial charge is 0.339 e. The first-order valence-corrected chi connectivity index (χ1v) is 11.2. The zero-order valence-electron chi connectivity index (χ0n) is 18.1. The number of hydrogen-bond acceptors (Lipinski definition) is 6. The topological polar surface area (TPSA) is 127 Å². The molecule has 0 spiro atoms. The van der Waals surface area contributed by atoms with Crippen LogP contribution in [0.3, 0.4) is 0 Å². The van der Waals surface area contributed by atoms with Gasteiger partial charge >= 0.3 is 5.97 Å². The molecular formula is C23H22N4O5S. The summed E-state index contributed by atoms with van der Waals surface area (Å²) < 4.78 is 1.93. The van der Waals surface area contributed by atoms with Crippen LogP contribution in [0.5, 0.6) is 0 Å². The summed E-state index contributed by atoms with van der Waals surface area (Å²) in [6.45, 7) is 3.78. The molecule has 2 aromatic heterocycles. The van der Waals surface area contributed by atoms with Crippen LogP contribution in [0.15, 0.2) is 35.4 Å². The van der Waals surface area contributed by atoms with E-state index in [1.807, 2.05) is 24.5 Å². The number of hydrogen-bond donors (Lipinski definition) is 2. The van der Waals surface area contributed by atoms with Crippen molar-refractivity contribution < 1.29 is 19.6 Å². The van der Waals surface area contributed by atoms with Gasteiger partial charge in [-0.2, -0.15) is 5.10 Å². The Kier molecular flexibility index (Phi) is 6.10. The number of amides is 1. The largest absolute Gasteiger partial charge is 0.478 e. The Morgan fingerprint density at radius 2 is 2.00 bits per heavy atom. The molecule has 0 radical (unpaired) electrons. The Morgan fingerprint density at radius 3 is 2.73 bits per heavy atom. The SMILES string of the molecule is Cc1cc(/C=N\NC(=O)c2cccc([N+](=O)[O-])c2)c(C)n1-c1sc2c(c1C(=O)O)CCCC2. The van der Waals surface area contributed by atoms with E-state index >= 15 is 0 Å². The quantitative estimate of drug-likeness (QED) is 0.316. The molecule has 4 rings (SSSR count). The standard InChI is InChI=1S/C23H22N4O5S/c1-13-10-16(12-24-25-21(28)15-6-5-7-17(11-15)27(31)32)14(2)26(13)22-20(23(29)30)18-8-3-4-9-19(18)33-22/h5-7,10-12H,3-4,8-9H2,1-2H3,(H,25,28)(H,29,30)/b24-12-. The van der Waals surface area contributed by atoms with Gasteiger partial charge in [-0.05, 0) is 57.2 Å². The molecule has 1 aromatic carbocycles. The van der Waals surface area contributed by atoms with Crippen LogP contribution in [0.2, 0.25) is 0 Å². The summed E-state index contributed by atoms with van der Waals surface area (Å²) in [6.07, 6.45) is 5.23. The minimum atomic E-state index is -0.920. The van der Waals surface area contributed by atoms with Gasteiger partial charge < -0.3 is 9.67 Å². The molecule has 33 heavy (non-hydrogen) atoms. The van der Waals surface area contributed by atoms with Gasteiger partial charge in [-0.3, -0.25) is 14.9 Å². The zero-order valence-corrected chi connectivity index (χ0v) is 18.9. The fourth-order valence-electron chi connectivity index (χ4n) is 4.15. The lowest BCUT2D eigenvalue weighted by molar-refractivity contribution is -0.384. The van der Waals surface area contributed by atoms with E-state index in [-0.39, 0.29) is 11.3 Å². The maximum absolute atomic E-state index is 12.3. The van der Waals surface area contributed by atoms with E-state index in [4.69, 9.17) is 0 Å². The van der Waals surface area contributed by atoms with Crippen LogP contribution < -0.4 is 5.43 Å². The van der Waals surface area contributed by atoms with Crippen molar-refractivity contribution >= 4 is 35.1 Å². The number of carbonyl (C=O) groups excluding carboxylic acids is 1.